The number of aryl methyl sites for hydroxylation is 2. The van der Waals surface area contributed by atoms with Gasteiger partial charge in [-0.1, -0.05) is 60.7 Å². The number of carbonyl (C=O) groups excluding carboxylic acids is 1. The molecule has 2 N–H and O–H groups in total. The molecule has 0 saturated carbocycles. The Labute approximate surface area is 212 Å². The zero-order valence-electron chi connectivity index (χ0n) is 20.8. The topological polar surface area (TPSA) is 50.4 Å². The molecule has 0 radical (unpaired) electrons. The lowest BCUT2D eigenvalue weighted by molar-refractivity contribution is 0.102. The van der Waals surface area contributed by atoms with Crippen LogP contribution in [-0.2, 0) is 0 Å². The summed E-state index contributed by atoms with van der Waals surface area (Å²) in [6, 6.07) is 24.7. The molecule has 180 valence electrons. The summed E-state index contributed by atoms with van der Waals surface area (Å²) in [4.78, 5) is 13.6. The summed E-state index contributed by atoms with van der Waals surface area (Å²) in [6.07, 6.45) is 5.56. The summed E-state index contributed by atoms with van der Waals surface area (Å²) in [5, 5.41) is 9.31. The Morgan fingerprint density at radius 1 is 0.972 bits per heavy atom. The first-order valence-corrected chi connectivity index (χ1v) is 12.6. The van der Waals surface area contributed by atoms with E-state index in [4.69, 9.17) is 4.74 Å². The van der Waals surface area contributed by atoms with E-state index in [1.807, 2.05) is 30.3 Å². The Morgan fingerprint density at radius 3 is 2.67 bits per heavy atom. The average molecular weight is 475 g/mol. The van der Waals surface area contributed by atoms with Crippen molar-refractivity contribution in [2.75, 3.05) is 17.7 Å². The summed E-state index contributed by atoms with van der Waals surface area (Å²) in [6.45, 7) is 4.14. The number of para-hydroxylation sites is 1. The Balaban J connectivity index is 1.45. The van der Waals surface area contributed by atoms with Crippen LogP contribution in [0.2, 0.25) is 0 Å². The van der Waals surface area contributed by atoms with Crippen LogP contribution in [0.4, 0.5) is 11.4 Å². The molecule has 6 rings (SSSR count). The first kappa shape index (κ1) is 22.4. The van der Waals surface area contributed by atoms with Gasteiger partial charge in [-0.05, 0) is 77.9 Å². The zero-order chi connectivity index (χ0) is 24.8. The Morgan fingerprint density at radius 2 is 1.83 bits per heavy atom. The van der Waals surface area contributed by atoms with Crippen molar-refractivity contribution < 1.29 is 9.53 Å². The van der Waals surface area contributed by atoms with E-state index in [-0.39, 0.29) is 17.9 Å². The van der Waals surface area contributed by atoms with Crippen molar-refractivity contribution in [1.82, 2.24) is 0 Å². The third kappa shape index (κ3) is 3.65. The number of methoxy groups -OCH3 is 1. The van der Waals surface area contributed by atoms with E-state index >= 15 is 0 Å². The number of nitrogens with one attached hydrogen (secondary N) is 2. The van der Waals surface area contributed by atoms with Gasteiger partial charge in [-0.2, -0.15) is 0 Å². The van der Waals surface area contributed by atoms with Crippen LogP contribution in [0.3, 0.4) is 0 Å². The lowest BCUT2D eigenvalue weighted by Gasteiger charge is -2.39. The fourth-order valence-electron chi connectivity index (χ4n) is 5.89. The average Bonchev–Trinajstić information content (AvgIpc) is 3.40. The Hall–Kier alpha value is -4.05. The SMILES string of the molecule is COc1ccc2ccccc2c1C1Nc2c(C(=O)Nc3ccc(C)c(C)c3)cccc2C2C=CCC21. The van der Waals surface area contributed by atoms with E-state index in [2.05, 4.69) is 79.1 Å². The number of amides is 1. The van der Waals surface area contributed by atoms with Crippen molar-refractivity contribution in [1.29, 1.82) is 0 Å². The van der Waals surface area contributed by atoms with E-state index < -0.39 is 0 Å². The zero-order valence-corrected chi connectivity index (χ0v) is 20.8. The van der Waals surface area contributed by atoms with Gasteiger partial charge in [0.2, 0.25) is 0 Å². The second-order valence-electron chi connectivity index (χ2n) is 9.90. The number of allylic oxidation sites excluding steroid dienone is 2. The van der Waals surface area contributed by atoms with E-state index in [1.54, 1.807) is 7.11 Å². The van der Waals surface area contributed by atoms with Crippen molar-refractivity contribution in [3.8, 4) is 5.75 Å². The van der Waals surface area contributed by atoms with Crippen LogP contribution in [0.5, 0.6) is 5.75 Å². The highest BCUT2D eigenvalue weighted by molar-refractivity contribution is 6.09. The molecule has 4 aromatic rings. The second-order valence-corrected chi connectivity index (χ2v) is 9.90. The van der Waals surface area contributed by atoms with Gasteiger partial charge in [0.1, 0.15) is 5.75 Å². The van der Waals surface area contributed by atoms with Crippen LogP contribution in [0, 0.1) is 19.8 Å². The van der Waals surface area contributed by atoms with Crippen molar-refractivity contribution in [3.63, 3.8) is 0 Å². The number of anilines is 2. The van der Waals surface area contributed by atoms with Crippen LogP contribution >= 0.6 is 0 Å². The minimum absolute atomic E-state index is 0.00844. The maximum atomic E-state index is 13.6. The first-order valence-electron chi connectivity index (χ1n) is 12.6. The minimum Gasteiger partial charge on any atom is -0.496 e. The van der Waals surface area contributed by atoms with Gasteiger partial charge in [0.05, 0.1) is 24.4 Å². The number of benzene rings is 4. The number of hydrogen-bond donors (Lipinski definition) is 2. The molecule has 0 spiro atoms. The lowest BCUT2D eigenvalue weighted by atomic mass is 9.75. The number of ether oxygens (including phenoxy) is 1. The fraction of sp³-hybridized carbons (Fsp3) is 0.219. The third-order valence-corrected chi connectivity index (χ3v) is 7.87. The van der Waals surface area contributed by atoms with E-state index in [1.165, 1.54) is 21.9 Å². The number of fused-ring (bicyclic) bond motifs is 4. The predicted octanol–water partition coefficient (Wildman–Crippen LogP) is 7.54. The van der Waals surface area contributed by atoms with Crippen LogP contribution in [0.15, 0.2) is 84.9 Å². The highest BCUT2D eigenvalue weighted by Crippen LogP contribution is 2.53. The van der Waals surface area contributed by atoms with E-state index in [0.29, 0.717) is 11.5 Å². The van der Waals surface area contributed by atoms with Crippen molar-refractivity contribution in [3.05, 3.63) is 113 Å². The molecule has 0 saturated heterocycles. The first-order chi connectivity index (χ1) is 17.5. The second kappa shape index (κ2) is 8.87. The molecule has 4 heteroatoms. The summed E-state index contributed by atoms with van der Waals surface area (Å²) >= 11 is 0. The number of rotatable bonds is 4. The van der Waals surface area contributed by atoms with Crippen LogP contribution in [-0.4, -0.2) is 13.0 Å². The normalized spacial score (nSPS) is 19.9. The molecule has 1 heterocycles. The molecule has 0 aromatic heterocycles. The summed E-state index contributed by atoms with van der Waals surface area (Å²) < 4.78 is 5.88. The molecule has 1 aliphatic carbocycles. The number of carbonyl (C=O) groups is 1. The van der Waals surface area contributed by atoms with Gasteiger partial charge in [-0.25, -0.2) is 0 Å². The molecule has 4 aromatic carbocycles. The summed E-state index contributed by atoms with van der Waals surface area (Å²) in [5.41, 5.74) is 7.07. The lowest BCUT2D eigenvalue weighted by Crippen LogP contribution is -2.31. The summed E-state index contributed by atoms with van der Waals surface area (Å²) in [7, 11) is 1.73. The van der Waals surface area contributed by atoms with Gasteiger partial charge < -0.3 is 15.4 Å². The van der Waals surface area contributed by atoms with Crippen molar-refractivity contribution in [2.45, 2.75) is 32.2 Å². The van der Waals surface area contributed by atoms with Gasteiger partial charge >= 0.3 is 0 Å². The largest absolute Gasteiger partial charge is 0.496 e. The predicted molar refractivity (Wildman–Crippen MR) is 147 cm³/mol. The van der Waals surface area contributed by atoms with Crippen LogP contribution in [0.25, 0.3) is 10.8 Å². The standard InChI is InChI=1S/C32H30N2O2/c1-19-14-16-22(18-20(19)2)33-32(35)27-13-7-11-25-24-10-6-12-26(24)31(34-30(25)27)29-23-9-5-4-8-21(23)15-17-28(29)36-3/h4-11,13-18,24,26,31,34H,12H2,1-3H3,(H,33,35). The summed E-state index contributed by atoms with van der Waals surface area (Å²) in [5.74, 6) is 1.35. The Kier molecular flexibility index (Phi) is 5.52. The van der Waals surface area contributed by atoms with E-state index in [0.717, 1.165) is 34.7 Å². The minimum atomic E-state index is -0.105. The van der Waals surface area contributed by atoms with Crippen molar-refractivity contribution in [2.24, 2.45) is 5.92 Å². The van der Waals surface area contributed by atoms with Crippen LogP contribution in [0.1, 0.15) is 51.0 Å². The molecule has 4 nitrogen and oxygen atoms in total. The van der Waals surface area contributed by atoms with Crippen molar-refractivity contribution >= 4 is 28.1 Å². The molecule has 0 bridgehead atoms. The smallest absolute Gasteiger partial charge is 0.257 e. The molecular formula is C32H30N2O2. The molecule has 1 amide bonds. The molecule has 3 unspecified atom stereocenters. The van der Waals surface area contributed by atoms with Gasteiger partial charge in [0.25, 0.3) is 5.91 Å². The molecule has 0 fully saturated rings. The molecule has 36 heavy (non-hydrogen) atoms. The van der Waals surface area contributed by atoms with Gasteiger partial charge in [0.15, 0.2) is 0 Å². The quantitative estimate of drug-likeness (QED) is 0.300. The third-order valence-electron chi connectivity index (χ3n) is 7.87. The Bertz CT molecular complexity index is 1520. The van der Waals surface area contributed by atoms with Crippen LogP contribution < -0.4 is 15.4 Å². The fourth-order valence-corrected chi connectivity index (χ4v) is 5.89. The van der Waals surface area contributed by atoms with Gasteiger partial charge in [-0.3, -0.25) is 4.79 Å². The molecule has 1 aliphatic heterocycles. The highest BCUT2D eigenvalue weighted by Gasteiger charge is 2.41. The van der Waals surface area contributed by atoms with Gasteiger partial charge in [-0.15, -0.1) is 0 Å². The molecule has 3 atom stereocenters. The molecular weight excluding hydrogens is 444 g/mol. The molecule has 2 aliphatic rings. The maximum absolute atomic E-state index is 13.6. The maximum Gasteiger partial charge on any atom is 0.257 e. The van der Waals surface area contributed by atoms with E-state index in [9.17, 15) is 4.79 Å². The number of hydrogen-bond acceptors (Lipinski definition) is 3. The monoisotopic (exact) mass is 474 g/mol. The van der Waals surface area contributed by atoms with Gasteiger partial charge in [0, 0.05) is 17.2 Å². The highest BCUT2D eigenvalue weighted by atomic mass is 16.5.